The van der Waals surface area contributed by atoms with Gasteiger partial charge in [0.2, 0.25) is 11.8 Å². The highest BCUT2D eigenvalue weighted by atomic mass is 35.5. The van der Waals surface area contributed by atoms with Crippen molar-refractivity contribution in [3.8, 4) is 11.5 Å². The Morgan fingerprint density at radius 2 is 1.83 bits per heavy atom. The van der Waals surface area contributed by atoms with Gasteiger partial charge in [-0.25, -0.2) is 0 Å². The van der Waals surface area contributed by atoms with E-state index < -0.39 is 0 Å². The van der Waals surface area contributed by atoms with Gasteiger partial charge < -0.3 is 9.73 Å². The zero-order chi connectivity index (χ0) is 16.9. The van der Waals surface area contributed by atoms with E-state index in [4.69, 9.17) is 27.6 Å². The molecule has 0 aliphatic carbocycles. The minimum atomic E-state index is -0.184. The Morgan fingerprint density at radius 3 is 2.54 bits per heavy atom. The second-order valence-electron chi connectivity index (χ2n) is 4.60. The zero-order valence-electron chi connectivity index (χ0n) is 12.1. The van der Waals surface area contributed by atoms with Crippen LogP contribution in [-0.4, -0.2) is 26.8 Å². The van der Waals surface area contributed by atoms with Crippen LogP contribution in [0.4, 0.5) is 5.69 Å². The van der Waals surface area contributed by atoms with Crippen molar-refractivity contribution < 1.29 is 9.21 Å². The van der Waals surface area contributed by atoms with Gasteiger partial charge in [-0.05, 0) is 30.3 Å². The number of thioether (sulfide) groups is 1. The van der Waals surface area contributed by atoms with Crippen LogP contribution in [0.3, 0.4) is 0 Å². The molecule has 9 heteroatoms. The lowest BCUT2D eigenvalue weighted by Crippen LogP contribution is -2.13. The number of aromatic nitrogens is 3. The lowest BCUT2D eigenvalue weighted by Gasteiger charge is -2.02. The first kappa shape index (κ1) is 16.8. The van der Waals surface area contributed by atoms with Gasteiger partial charge in [0.15, 0.2) is 0 Å². The predicted molar refractivity (Wildman–Crippen MR) is 93.3 cm³/mol. The Balaban J connectivity index is 1.61. The molecule has 0 saturated heterocycles. The fourth-order valence-electron chi connectivity index (χ4n) is 1.82. The number of hydrogen-bond acceptors (Lipinski definition) is 6. The quantitative estimate of drug-likeness (QED) is 0.668. The Morgan fingerprint density at radius 1 is 1.12 bits per heavy atom. The maximum atomic E-state index is 11.9. The largest absolute Gasteiger partial charge is 0.411 e. The summed E-state index contributed by atoms with van der Waals surface area (Å²) in [6.07, 6.45) is 3.20. The van der Waals surface area contributed by atoms with Crippen molar-refractivity contribution in [3.05, 3.63) is 52.8 Å². The van der Waals surface area contributed by atoms with Crippen LogP contribution in [-0.2, 0) is 4.79 Å². The number of anilines is 1. The Labute approximate surface area is 151 Å². The molecule has 0 unspecified atom stereocenters. The number of rotatable bonds is 5. The molecular weight excluding hydrogens is 371 g/mol. The van der Waals surface area contributed by atoms with Crippen molar-refractivity contribution in [2.24, 2.45) is 0 Å². The van der Waals surface area contributed by atoms with E-state index in [9.17, 15) is 4.79 Å². The van der Waals surface area contributed by atoms with Crippen molar-refractivity contribution >= 4 is 46.6 Å². The van der Waals surface area contributed by atoms with Gasteiger partial charge in [0.25, 0.3) is 5.22 Å². The van der Waals surface area contributed by atoms with Gasteiger partial charge in [0.05, 0.1) is 5.75 Å². The topological polar surface area (TPSA) is 80.9 Å². The highest BCUT2D eigenvalue weighted by Gasteiger charge is 2.12. The Kier molecular flexibility index (Phi) is 5.34. The van der Waals surface area contributed by atoms with Crippen LogP contribution in [0.25, 0.3) is 11.5 Å². The highest BCUT2D eigenvalue weighted by molar-refractivity contribution is 7.99. The molecule has 0 fully saturated rings. The van der Waals surface area contributed by atoms with Crippen LogP contribution in [0.5, 0.6) is 0 Å². The molecule has 0 aliphatic rings. The van der Waals surface area contributed by atoms with E-state index in [1.165, 1.54) is 0 Å². The number of halogens is 2. The van der Waals surface area contributed by atoms with Gasteiger partial charge in [0.1, 0.15) is 0 Å². The maximum Gasteiger partial charge on any atom is 0.277 e. The summed E-state index contributed by atoms with van der Waals surface area (Å²) in [5.74, 6) is 0.244. The third kappa shape index (κ3) is 4.47. The smallest absolute Gasteiger partial charge is 0.277 e. The molecule has 6 nitrogen and oxygen atoms in total. The van der Waals surface area contributed by atoms with Crippen molar-refractivity contribution in [1.82, 2.24) is 15.2 Å². The number of pyridine rings is 1. The van der Waals surface area contributed by atoms with Crippen LogP contribution < -0.4 is 5.32 Å². The molecule has 2 heterocycles. The summed E-state index contributed by atoms with van der Waals surface area (Å²) >= 11 is 13.0. The van der Waals surface area contributed by atoms with Crippen LogP contribution in [0.1, 0.15) is 0 Å². The molecule has 0 atom stereocenters. The molecule has 1 aromatic carbocycles. The fourth-order valence-corrected chi connectivity index (χ4v) is 2.91. The summed E-state index contributed by atoms with van der Waals surface area (Å²) in [7, 11) is 0. The molecule has 0 aliphatic heterocycles. The third-order valence-electron chi connectivity index (χ3n) is 2.81. The minimum absolute atomic E-state index is 0.139. The first-order valence-electron chi connectivity index (χ1n) is 6.73. The van der Waals surface area contributed by atoms with Crippen LogP contribution in [0.2, 0.25) is 10.0 Å². The van der Waals surface area contributed by atoms with E-state index in [-0.39, 0.29) is 22.8 Å². The Hall–Kier alpha value is -2.09. The van der Waals surface area contributed by atoms with E-state index in [1.807, 2.05) is 0 Å². The third-order valence-corrected chi connectivity index (χ3v) is 4.06. The van der Waals surface area contributed by atoms with E-state index >= 15 is 0 Å². The van der Waals surface area contributed by atoms with Crippen LogP contribution in [0.15, 0.2) is 52.4 Å². The fraction of sp³-hybridized carbons (Fsp3) is 0.0667. The summed E-state index contributed by atoms with van der Waals surface area (Å²) in [5.41, 5.74) is 1.29. The predicted octanol–water partition coefficient (Wildman–Crippen LogP) is 4.17. The van der Waals surface area contributed by atoms with E-state index in [1.54, 1.807) is 42.7 Å². The number of amides is 1. The van der Waals surface area contributed by atoms with Crippen LogP contribution >= 0.6 is 35.0 Å². The summed E-state index contributed by atoms with van der Waals surface area (Å²) in [6.45, 7) is 0. The minimum Gasteiger partial charge on any atom is -0.411 e. The van der Waals surface area contributed by atoms with Gasteiger partial charge in [-0.2, -0.15) is 0 Å². The average molecular weight is 381 g/mol. The van der Waals surface area contributed by atoms with Crippen LogP contribution in [0, 0.1) is 0 Å². The molecule has 3 aromatic rings. The molecule has 0 spiro atoms. The monoisotopic (exact) mass is 380 g/mol. The first-order valence-corrected chi connectivity index (χ1v) is 8.47. The second-order valence-corrected chi connectivity index (χ2v) is 6.40. The van der Waals surface area contributed by atoms with Crippen molar-refractivity contribution in [2.45, 2.75) is 5.22 Å². The summed E-state index contributed by atoms with van der Waals surface area (Å²) < 4.78 is 5.51. The van der Waals surface area contributed by atoms with Crippen molar-refractivity contribution in [3.63, 3.8) is 0 Å². The molecule has 24 heavy (non-hydrogen) atoms. The number of nitrogens with zero attached hydrogens (tertiary/aromatic N) is 3. The number of carbonyl (C=O) groups is 1. The van der Waals surface area contributed by atoms with E-state index in [2.05, 4.69) is 20.5 Å². The van der Waals surface area contributed by atoms with Gasteiger partial charge in [-0.15, -0.1) is 10.2 Å². The molecule has 0 radical (unpaired) electrons. The van der Waals surface area contributed by atoms with Crippen molar-refractivity contribution in [2.75, 3.05) is 11.1 Å². The lowest BCUT2D eigenvalue weighted by atomic mass is 10.2. The van der Waals surface area contributed by atoms with Gasteiger partial charge >= 0.3 is 0 Å². The van der Waals surface area contributed by atoms with Gasteiger partial charge in [0, 0.05) is 33.7 Å². The molecule has 122 valence electrons. The number of carbonyl (C=O) groups excluding carboxylic acids is 1. The SMILES string of the molecule is O=C(CSc1nnc(-c2cc(Cl)cc(Cl)c2)o1)Nc1ccncc1. The van der Waals surface area contributed by atoms with Crippen molar-refractivity contribution in [1.29, 1.82) is 0 Å². The maximum absolute atomic E-state index is 11.9. The zero-order valence-corrected chi connectivity index (χ0v) is 14.4. The summed E-state index contributed by atoms with van der Waals surface area (Å²) in [5, 5.41) is 11.8. The van der Waals surface area contributed by atoms with Gasteiger partial charge in [-0.3, -0.25) is 9.78 Å². The number of benzene rings is 1. The van der Waals surface area contributed by atoms with E-state index in [0.29, 0.717) is 21.3 Å². The normalized spacial score (nSPS) is 10.6. The molecule has 0 bridgehead atoms. The first-order chi connectivity index (χ1) is 11.6. The molecule has 1 amide bonds. The highest BCUT2D eigenvalue weighted by Crippen LogP contribution is 2.28. The summed E-state index contributed by atoms with van der Waals surface area (Å²) in [4.78, 5) is 15.8. The molecule has 3 rings (SSSR count). The number of nitrogens with one attached hydrogen (secondary N) is 1. The Bertz CT molecular complexity index is 837. The molecular formula is C15H10Cl2N4O2S. The average Bonchev–Trinajstić information content (AvgIpc) is 3.02. The van der Waals surface area contributed by atoms with Gasteiger partial charge in [-0.1, -0.05) is 35.0 Å². The number of hydrogen-bond donors (Lipinski definition) is 1. The molecule has 1 N–H and O–H groups in total. The molecule has 2 aromatic heterocycles. The second kappa shape index (κ2) is 7.65. The lowest BCUT2D eigenvalue weighted by molar-refractivity contribution is -0.113. The van der Waals surface area contributed by atoms with E-state index in [0.717, 1.165) is 11.8 Å². The summed E-state index contributed by atoms with van der Waals surface area (Å²) in [6, 6.07) is 8.37. The standard InChI is InChI=1S/C15H10Cl2N4O2S/c16-10-5-9(6-11(17)7-10)14-20-21-15(23-14)24-8-13(22)19-12-1-3-18-4-2-12/h1-7H,8H2,(H,18,19,22). The molecule has 0 saturated carbocycles.